The van der Waals surface area contributed by atoms with Crippen LogP contribution in [0.1, 0.15) is 17.5 Å². The van der Waals surface area contributed by atoms with Crippen LogP contribution in [0.4, 0.5) is 0 Å². The van der Waals surface area contributed by atoms with E-state index in [0.29, 0.717) is 38.6 Å². The molecular formula is C14H21N3O2S. The summed E-state index contributed by atoms with van der Waals surface area (Å²) in [5.41, 5.74) is 8.03. The Morgan fingerprint density at radius 1 is 1.15 bits per heavy atom. The molecule has 0 saturated carbocycles. The number of hydrogen-bond acceptors (Lipinski definition) is 3. The van der Waals surface area contributed by atoms with Gasteiger partial charge < -0.3 is 5.73 Å². The molecule has 3 rings (SSSR count). The predicted molar refractivity (Wildman–Crippen MR) is 78.2 cm³/mol. The topological polar surface area (TPSA) is 66.6 Å². The normalized spacial score (nSPS) is 24.8. The minimum atomic E-state index is -3.34. The van der Waals surface area contributed by atoms with E-state index in [1.54, 1.807) is 8.61 Å². The van der Waals surface area contributed by atoms with E-state index >= 15 is 0 Å². The molecule has 2 aliphatic rings. The third-order valence-electron chi connectivity index (χ3n) is 4.33. The molecule has 0 amide bonds. The van der Waals surface area contributed by atoms with Crippen LogP contribution < -0.4 is 5.73 Å². The van der Waals surface area contributed by atoms with E-state index in [-0.39, 0.29) is 0 Å². The van der Waals surface area contributed by atoms with Gasteiger partial charge in [-0.3, -0.25) is 0 Å². The zero-order chi connectivity index (χ0) is 14.2. The first-order valence-electron chi connectivity index (χ1n) is 7.13. The maximum absolute atomic E-state index is 12.7. The highest BCUT2D eigenvalue weighted by atomic mass is 32.2. The van der Waals surface area contributed by atoms with Gasteiger partial charge in [-0.05, 0) is 36.4 Å². The van der Waals surface area contributed by atoms with E-state index < -0.39 is 10.2 Å². The lowest BCUT2D eigenvalue weighted by molar-refractivity contribution is 0.342. The van der Waals surface area contributed by atoms with Crippen molar-refractivity contribution in [3.8, 4) is 0 Å². The Morgan fingerprint density at radius 2 is 1.90 bits per heavy atom. The quantitative estimate of drug-likeness (QED) is 0.886. The van der Waals surface area contributed by atoms with Gasteiger partial charge >= 0.3 is 0 Å². The Morgan fingerprint density at radius 3 is 2.60 bits per heavy atom. The summed E-state index contributed by atoms with van der Waals surface area (Å²) in [5, 5.41) is 0. The van der Waals surface area contributed by atoms with Gasteiger partial charge in [0.2, 0.25) is 0 Å². The van der Waals surface area contributed by atoms with Crippen LogP contribution in [-0.2, 0) is 23.2 Å². The lowest BCUT2D eigenvalue weighted by Gasteiger charge is -2.31. The SMILES string of the molecule is NCC1CCN(S(=O)(=O)N2CCc3ccccc3C2)C1. The highest BCUT2D eigenvalue weighted by molar-refractivity contribution is 7.86. The number of nitrogens with zero attached hydrogens (tertiary/aromatic N) is 2. The monoisotopic (exact) mass is 295 g/mol. The molecule has 5 nitrogen and oxygen atoms in total. The molecule has 2 N–H and O–H groups in total. The van der Waals surface area contributed by atoms with Crippen molar-refractivity contribution in [2.45, 2.75) is 19.4 Å². The molecule has 1 aromatic carbocycles. The minimum absolute atomic E-state index is 0.307. The van der Waals surface area contributed by atoms with Gasteiger partial charge in [-0.25, -0.2) is 0 Å². The van der Waals surface area contributed by atoms with Crippen LogP contribution in [0.25, 0.3) is 0 Å². The van der Waals surface area contributed by atoms with Crippen molar-refractivity contribution < 1.29 is 8.42 Å². The summed E-state index contributed by atoms with van der Waals surface area (Å²) >= 11 is 0. The second-order valence-corrected chi connectivity index (χ2v) is 7.54. The molecule has 0 bridgehead atoms. The second kappa shape index (κ2) is 5.44. The summed E-state index contributed by atoms with van der Waals surface area (Å²) < 4.78 is 28.5. The van der Waals surface area contributed by atoms with Gasteiger partial charge in [0.05, 0.1) is 0 Å². The first-order chi connectivity index (χ1) is 9.61. The Balaban J connectivity index is 1.77. The molecule has 0 aliphatic carbocycles. The molecule has 6 heteroatoms. The summed E-state index contributed by atoms with van der Waals surface area (Å²) in [6, 6.07) is 8.08. The van der Waals surface area contributed by atoms with E-state index in [4.69, 9.17) is 5.73 Å². The average Bonchev–Trinajstić information content (AvgIpc) is 2.96. The molecule has 2 aliphatic heterocycles. The van der Waals surface area contributed by atoms with Gasteiger partial charge in [-0.15, -0.1) is 0 Å². The summed E-state index contributed by atoms with van der Waals surface area (Å²) in [6.45, 7) is 2.79. The zero-order valence-electron chi connectivity index (χ0n) is 11.5. The largest absolute Gasteiger partial charge is 0.330 e. The van der Waals surface area contributed by atoms with E-state index in [9.17, 15) is 8.42 Å². The summed E-state index contributed by atoms with van der Waals surface area (Å²) in [4.78, 5) is 0. The van der Waals surface area contributed by atoms with E-state index in [1.165, 1.54) is 5.56 Å². The Hall–Kier alpha value is -0.950. The second-order valence-electron chi connectivity index (χ2n) is 5.61. The van der Waals surface area contributed by atoms with Crippen LogP contribution >= 0.6 is 0 Å². The smallest absolute Gasteiger partial charge is 0.282 e. The molecule has 0 radical (unpaired) electrons. The van der Waals surface area contributed by atoms with Gasteiger partial charge in [0.15, 0.2) is 0 Å². The minimum Gasteiger partial charge on any atom is -0.330 e. The zero-order valence-corrected chi connectivity index (χ0v) is 12.3. The number of fused-ring (bicyclic) bond motifs is 1. The fraction of sp³-hybridized carbons (Fsp3) is 0.571. The van der Waals surface area contributed by atoms with E-state index in [2.05, 4.69) is 6.07 Å². The molecule has 20 heavy (non-hydrogen) atoms. The fourth-order valence-corrected chi connectivity index (χ4v) is 4.72. The van der Waals surface area contributed by atoms with Crippen LogP contribution in [0.15, 0.2) is 24.3 Å². The van der Waals surface area contributed by atoms with Crippen molar-refractivity contribution in [1.82, 2.24) is 8.61 Å². The summed E-state index contributed by atoms with van der Waals surface area (Å²) in [5.74, 6) is 0.307. The van der Waals surface area contributed by atoms with Crippen molar-refractivity contribution in [3.63, 3.8) is 0 Å². The van der Waals surface area contributed by atoms with E-state index in [0.717, 1.165) is 18.4 Å². The molecule has 0 spiro atoms. The van der Waals surface area contributed by atoms with Gasteiger partial charge in [-0.1, -0.05) is 24.3 Å². The first-order valence-corrected chi connectivity index (χ1v) is 8.53. The van der Waals surface area contributed by atoms with Crippen LogP contribution in [0.3, 0.4) is 0 Å². The Bertz CT molecular complexity index is 588. The highest BCUT2D eigenvalue weighted by Gasteiger charge is 2.36. The summed E-state index contributed by atoms with van der Waals surface area (Å²) in [7, 11) is -3.34. The molecular weight excluding hydrogens is 274 g/mol. The molecule has 1 aromatic rings. The predicted octanol–water partition coefficient (Wildman–Crippen LogP) is 0.570. The van der Waals surface area contributed by atoms with Crippen LogP contribution in [-0.4, -0.2) is 43.2 Å². The number of nitrogens with two attached hydrogens (primary N) is 1. The van der Waals surface area contributed by atoms with Gasteiger partial charge in [0, 0.05) is 26.2 Å². The van der Waals surface area contributed by atoms with Gasteiger partial charge in [0.1, 0.15) is 0 Å². The van der Waals surface area contributed by atoms with Crippen LogP contribution in [0.5, 0.6) is 0 Å². The Labute approximate surface area is 120 Å². The molecule has 1 atom stereocenters. The highest BCUT2D eigenvalue weighted by Crippen LogP contribution is 2.26. The maximum atomic E-state index is 12.7. The number of benzene rings is 1. The molecule has 110 valence electrons. The Kier molecular flexibility index (Phi) is 3.81. The first kappa shape index (κ1) is 14.0. The van der Waals surface area contributed by atoms with Crippen molar-refractivity contribution in [1.29, 1.82) is 0 Å². The number of rotatable bonds is 3. The number of hydrogen-bond donors (Lipinski definition) is 1. The lowest BCUT2D eigenvalue weighted by Crippen LogP contribution is -2.45. The molecule has 2 heterocycles. The summed E-state index contributed by atoms with van der Waals surface area (Å²) in [6.07, 6.45) is 1.67. The van der Waals surface area contributed by atoms with Gasteiger partial charge in [-0.2, -0.15) is 17.0 Å². The third kappa shape index (κ3) is 2.48. The maximum Gasteiger partial charge on any atom is 0.282 e. The molecule has 1 saturated heterocycles. The standard InChI is InChI=1S/C14H21N3O2S/c15-9-12-5-7-16(10-12)20(18,19)17-8-6-13-3-1-2-4-14(13)11-17/h1-4,12H,5-11,15H2. The molecule has 0 aromatic heterocycles. The van der Waals surface area contributed by atoms with E-state index in [1.807, 2.05) is 18.2 Å². The third-order valence-corrected chi connectivity index (χ3v) is 6.28. The van der Waals surface area contributed by atoms with Gasteiger partial charge in [0.25, 0.3) is 10.2 Å². The average molecular weight is 295 g/mol. The van der Waals surface area contributed by atoms with Crippen LogP contribution in [0, 0.1) is 5.92 Å². The van der Waals surface area contributed by atoms with Crippen LogP contribution in [0.2, 0.25) is 0 Å². The van der Waals surface area contributed by atoms with Crippen molar-refractivity contribution in [2.24, 2.45) is 11.7 Å². The van der Waals surface area contributed by atoms with Crippen molar-refractivity contribution in [2.75, 3.05) is 26.2 Å². The van der Waals surface area contributed by atoms with Crippen molar-refractivity contribution in [3.05, 3.63) is 35.4 Å². The van der Waals surface area contributed by atoms with Crippen molar-refractivity contribution >= 4 is 10.2 Å². The lowest BCUT2D eigenvalue weighted by atomic mass is 10.0. The fourth-order valence-electron chi connectivity index (χ4n) is 3.03. The molecule has 1 fully saturated rings. The molecule has 1 unspecified atom stereocenters.